The van der Waals surface area contributed by atoms with Crippen molar-refractivity contribution in [1.29, 1.82) is 0 Å². The number of halogens is 4. The van der Waals surface area contributed by atoms with E-state index >= 15 is 0 Å². The molecule has 0 unspecified atom stereocenters. The third kappa shape index (κ3) is 5.85. The summed E-state index contributed by atoms with van der Waals surface area (Å²) in [6.45, 7) is 1.94. The molecular weight excluding hydrogens is 317 g/mol. The van der Waals surface area contributed by atoms with Crippen LogP contribution >= 0.6 is 12.4 Å². The molecule has 0 bridgehead atoms. The number of hydrogen-bond acceptors (Lipinski definition) is 2. The van der Waals surface area contributed by atoms with Gasteiger partial charge < -0.3 is 10.6 Å². The average molecular weight is 337 g/mol. The molecule has 2 N–H and O–H groups in total. The van der Waals surface area contributed by atoms with E-state index in [1.165, 1.54) is 12.1 Å². The maximum Gasteiger partial charge on any atom is 0.416 e. The zero-order chi connectivity index (χ0) is 15.3. The van der Waals surface area contributed by atoms with Crippen molar-refractivity contribution in [2.75, 3.05) is 18.4 Å². The molecule has 1 aliphatic heterocycles. The molecule has 0 saturated carbocycles. The molecule has 1 amide bonds. The van der Waals surface area contributed by atoms with Crippen LogP contribution in [0.3, 0.4) is 0 Å². The van der Waals surface area contributed by atoms with Crippen LogP contribution in [-0.2, 0) is 11.0 Å². The maximum atomic E-state index is 12.6. The minimum absolute atomic E-state index is 0. The van der Waals surface area contributed by atoms with Crippen molar-refractivity contribution in [2.24, 2.45) is 5.92 Å². The first-order chi connectivity index (χ1) is 9.95. The Morgan fingerprint density at radius 1 is 1.27 bits per heavy atom. The quantitative estimate of drug-likeness (QED) is 0.877. The lowest BCUT2D eigenvalue weighted by Gasteiger charge is -2.22. The highest BCUT2D eigenvalue weighted by Crippen LogP contribution is 2.30. The van der Waals surface area contributed by atoms with Gasteiger partial charge in [0.25, 0.3) is 0 Å². The third-order valence-electron chi connectivity index (χ3n) is 3.71. The van der Waals surface area contributed by atoms with Crippen molar-refractivity contribution in [3.63, 3.8) is 0 Å². The van der Waals surface area contributed by atoms with E-state index in [9.17, 15) is 18.0 Å². The number of piperidine rings is 1. The van der Waals surface area contributed by atoms with Crippen LogP contribution in [0, 0.1) is 5.92 Å². The van der Waals surface area contributed by atoms with E-state index in [0.29, 0.717) is 12.3 Å². The van der Waals surface area contributed by atoms with Crippen LogP contribution in [0.5, 0.6) is 0 Å². The SMILES string of the molecule is Cl.O=C(CCC1CCNCC1)Nc1cccc(C(F)(F)F)c1. The Morgan fingerprint density at radius 3 is 2.59 bits per heavy atom. The van der Waals surface area contributed by atoms with Crippen molar-refractivity contribution in [1.82, 2.24) is 5.32 Å². The summed E-state index contributed by atoms with van der Waals surface area (Å²) < 4.78 is 37.7. The molecule has 0 aromatic heterocycles. The molecule has 1 saturated heterocycles. The molecule has 0 spiro atoms. The number of carbonyl (C=O) groups is 1. The van der Waals surface area contributed by atoms with E-state index in [4.69, 9.17) is 0 Å². The Morgan fingerprint density at radius 2 is 1.95 bits per heavy atom. The van der Waals surface area contributed by atoms with Crippen LogP contribution in [0.25, 0.3) is 0 Å². The fourth-order valence-corrected chi connectivity index (χ4v) is 2.50. The van der Waals surface area contributed by atoms with Crippen LogP contribution in [0.1, 0.15) is 31.2 Å². The highest BCUT2D eigenvalue weighted by molar-refractivity contribution is 5.90. The summed E-state index contributed by atoms with van der Waals surface area (Å²) in [6.07, 6.45) is -1.16. The molecule has 1 aliphatic rings. The number of anilines is 1. The predicted molar refractivity (Wildman–Crippen MR) is 82.1 cm³/mol. The Hall–Kier alpha value is -1.27. The van der Waals surface area contributed by atoms with Gasteiger partial charge in [-0.05, 0) is 56.5 Å². The Balaban J connectivity index is 0.00000242. The molecule has 0 radical (unpaired) electrons. The van der Waals surface area contributed by atoms with Crippen molar-refractivity contribution in [3.8, 4) is 0 Å². The van der Waals surface area contributed by atoms with E-state index in [-0.39, 0.29) is 24.0 Å². The normalized spacial score (nSPS) is 16.0. The lowest BCUT2D eigenvalue weighted by Crippen LogP contribution is -2.28. The van der Waals surface area contributed by atoms with E-state index in [0.717, 1.165) is 44.5 Å². The molecule has 3 nitrogen and oxygen atoms in total. The summed E-state index contributed by atoms with van der Waals surface area (Å²) in [6, 6.07) is 4.72. The first kappa shape index (κ1) is 18.8. The van der Waals surface area contributed by atoms with Gasteiger partial charge in [-0.25, -0.2) is 0 Å². The summed E-state index contributed by atoms with van der Waals surface area (Å²) >= 11 is 0. The molecule has 0 aliphatic carbocycles. The van der Waals surface area contributed by atoms with Gasteiger partial charge in [0.15, 0.2) is 0 Å². The molecule has 124 valence electrons. The van der Waals surface area contributed by atoms with Crippen LogP contribution < -0.4 is 10.6 Å². The summed E-state index contributed by atoms with van der Waals surface area (Å²) in [4.78, 5) is 11.8. The monoisotopic (exact) mass is 336 g/mol. The highest BCUT2D eigenvalue weighted by atomic mass is 35.5. The van der Waals surface area contributed by atoms with E-state index in [1.54, 1.807) is 0 Å². The topological polar surface area (TPSA) is 41.1 Å². The standard InChI is InChI=1S/C15H19F3N2O.ClH/c16-15(17,18)12-2-1-3-13(10-12)20-14(21)5-4-11-6-8-19-9-7-11;/h1-3,10-11,19H,4-9H2,(H,20,21);1H. The van der Waals surface area contributed by atoms with Gasteiger partial charge in [-0.3, -0.25) is 4.79 Å². The lowest BCUT2D eigenvalue weighted by atomic mass is 9.93. The predicted octanol–water partition coefficient (Wildman–Crippen LogP) is 3.85. The highest BCUT2D eigenvalue weighted by Gasteiger charge is 2.30. The molecule has 2 rings (SSSR count). The van der Waals surface area contributed by atoms with Gasteiger partial charge in [0.05, 0.1) is 5.56 Å². The summed E-state index contributed by atoms with van der Waals surface area (Å²) in [5.74, 6) is 0.298. The average Bonchev–Trinajstić information content (AvgIpc) is 2.46. The van der Waals surface area contributed by atoms with E-state index < -0.39 is 11.7 Å². The Bertz CT molecular complexity index is 488. The smallest absolute Gasteiger partial charge is 0.326 e. The molecule has 7 heteroatoms. The summed E-state index contributed by atoms with van der Waals surface area (Å²) in [7, 11) is 0. The van der Waals surface area contributed by atoms with Gasteiger partial charge in [0.1, 0.15) is 0 Å². The van der Waals surface area contributed by atoms with Gasteiger partial charge in [-0.1, -0.05) is 6.07 Å². The minimum Gasteiger partial charge on any atom is -0.326 e. The van der Waals surface area contributed by atoms with Crippen molar-refractivity contribution in [3.05, 3.63) is 29.8 Å². The lowest BCUT2D eigenvalue weighted by molar-refractivity contribution is -0.137. The Kier molecular flexibility index (Phi) is 7.16. The molecule has 1 aromatic rings. The largest absolute Gasteiger partial charge is 0.416 e. The number of benzene rings is 1. The summed E-state index contributed by atoms with van der Waals surface area (Å²) in [5, 5.41) is 5.79. The maximum absolute atomic E-state index is 12.6. The van der Waals surface area contributed by atoms with E-state index in [2.05, 4.69) is 10.6 Å². The fraction of sp³-hybridized carbons (Fsp3) is 0.533. The van der Waals surface area contributed by atoms with E-state index in [1.807, 2.05) is 0 Å². The van der Waals surface area contributed by atoms with Crippen molar-refractivity contribution < 1.29 is 18.0 Å². The molecule has 0 atom stereocenters. The second kappa shape index (κ2) is 8.39. The fourth-order valence-electron chi connectivity index (χ4n) is 2.50. The molecule has 1 heterocycles. The van der Waals surface area contributed by atoms with Gasteiger partial charge in [0, 0.05) is 12.1 Å². The van der Waals surface area contributed by atoms with Crippen molar-refractivity contribution in [2.45, 2.75) is 31.9 Å². The van der Waals surface area contributed by atoms with Gasteiger partial charge in [-0.15, -0.1) is 12.4 Å². The number of amides is 1. The summed E-state index contributed by atoms with van der Waals surface area (Å²) in [5.41, 5.74) is -0.557. The molecular formula is C15H20ClF3N2O. The van der Waals surface area contributed by atoms with Gasteiger partial charge in [-0.2, -0.15) is 13.2 Å². The molecule has 1 aromatic carbocycles. The Labute approximate surface area is 134 Å². The first-order valence-electron chi connectivity index (χ1n) is 7.13. The molecule has 22 heavy (non-hydrogen) atoms. The number of hydrogen-bond donors (Lipinski definition) is 2. The van der Waals surface area contributed by atoms with Gasteiger partial charge >= 0.3 is 6.18 Å². The zero-order valence-electron chi connectivity index (χ0n) is 12.1. The van der Waals surface area contributed by atoms with Crippen LogP contribution in [0.4, 0.5) is 18.9 Å². The van der Waals surface area contributed by atoms with Crippen molar-refractivity contribution >= 4 is 24.0 Å². The van der Waals surface area contributed by atoms with Crippen LogP contribution in [0.2, 0.25) is 0 Å². The zero-order valence-corrected chi connectivity index (χ0v) is 12.9. The second-order valence-electron chi connectivity index (χ2n) is 5.36. The number of nitrogens with one attached hydrogen (secondary N) is 2. The molecule has 1 fully saturated rings. The number of carbonyl (C=O) groups excluding carboxylic acids is 1. The van der Waals surface area contributed by atoms with Crippen LogP contribution in [0.15, 0.2) is 24.3 Å². The number of alkyl halides is 3. The second-order valence-corrected chi connectivity index (χ2v) is 5.36. The minimum atomic E-state index is -4.39. The van der Waals surface area contributed by atoms with Gasteiger partial charge in [0.2, 0.25) is 5.91 Å². The number of rotatable bonds is 4. The first-order valence-corrected chi connectivity index (χ1v) is 7.13. The third-order valence-corrected chi connectivity index (χ3v) is 3.71. The van der Waals surface area contributed by atoms with Crippen LogP contribution in [-0.4, -0.2) is 19.0 Å².